The molecule has 0 radical (unpaired) electrons. The molecule has 0 aliphatic carbocycles. The lowest BCUT2D eigenvalue weighted by Gasteiger charge is -2.24. The van der Waals surface area contributed by atoms with E-state index in [0.29, 0.717) is 21.9 Å². The molecular weight excluding hydrogens is 600 g/mol. The Morgan fingerprint density at radius 3 is 2.30 bits per heavy atom. The molecule has 1 aliphatic rings. The van der Waals surface area contributed by atoms with E-state index in [-0.39, 0.29) is 24.6 Å². The van der Waals surface area contributed by atoms with Gasteiger partial charge in [-0.15, -0.1) is 12.6 Å². The molecule has 7 nitrogen and oxygen atoms in total. The van der Waals surface area contributed by atoms with Crippen LogP contribution in [0, 0.1) is 5.82 Å². The number of benzene rings is 4. The van der Waals surface area contributed by atoms with E-state index < -0.39 is 28.5 Å². The molecule has 2 N–H and O–H groups in total. The number of ketones is 1. The van der Waals surface area contributed by atoms with Crippen molar-refractivity contribution in [2.24, 2.45) is 0 Å². The summed E-state index contributed by atoms with van der Waals surface area (Å²) in [6, 6.07) is 28.4. The number of thiol groups is 1. The maximum Gasteiger partial charge on any atom is 0.322 e. The summed E-state index contributed by atoms with van der Waals surface area (Å²) in [5.41, 5.74) is 2.53. The van der Waals surface area contributed by atoms with E-state index in [9.17, 15) is 23.3 Å². The van der Waals surface area contributed by atoms with Crippen LogP contribution in [-0.4, -0.2) is 36.9 Å². The lowest BCUT2D eigenvalue weighted by atomic mass is 10.1. The number of hydrogen-bond donors (Lipinski definition) is 3. The van der Waals surface area contributed by atoms with Gasteiger partial charge in [-0.2, -0.15) is 4.31 Å². The van der Waals surface area contributed by atoms with Crippen molar-refractivity contribution in [3.63, 3.8) is 0 Å². The molecule has 1 saturated heterocycles. The third kappa shape index (κ3) is 7.71. The van der Waals surface area contributed by atoms with E-state index >= 15 is 0 Å². The van der Waals surface area contributed by atoms with Crippen LogP contribution in [0.3, 0.4) is 0 Å². The maximum atomic E-state index is 13.8. The number of carboxylic acids is 1. The number of rotatable bonds is 11. The lowest BCUT2D eigenvalue weighted by Crippen LogP contribution is -2.45. The fourth-order valence-electron chi connectivity index (χ4n) is 4.56. The van der Waals surface area contributed by atoms with Crippen molar-refractivity contribution in [3.8, 4) is 5.75 Å². The van der Waals surface area contributed by atoms with Gasteiger partial charge >= 0.3 is 5.97 Å². The van der Waals surface area contributed by atoms with Crippen molar-refractivity contribution >= 4 is 47.5 Å². The third-order valence-corrected chi connectivity index (χ3v) is 8.90. The summed E-state index contributed by atoms with van der Waals surface area (Å²) < 4.78 is 34.0. The van der Waals surface area contributed by atoms with Gasteiger partial charge in [-0.25, -0.2) is 8.60 Å². The Balaban J connectivity index is 1.19. The molecular formula is C34H29FN2O5S2. The first kappa shape index (κ1) is 30.9. The van der Waals surface area contributed by atoms with Gasteiger partial charge in [0.15, 0.2) is 5.78 Å². The minimum absolute atomic E-state index is 0.0864. The number of carbonyl (C=O) groups excluding carboxylic acids is 1. The van der Waals surface area contributed by atoms with Gasteiger partial charge < -0.3 is 15.2 Å². The quantitative estimate of drug-likeness (QED) is 0.106. The first-order valence-electron chi connectivity index (χ1n) is 13.7. The van der Waals surface area contributed by atoms with Gasteiger partial charge in [0.2, 0.25) is 0 Å². The number of halogens is 1. The molecule has 1 fully saturated rings. The average Bonchev–Trinajstić information content (AvgIpc) is 3.31. The highest BCUT2D eigenvalue weighted by Gasteiger charge is 2.41. The Bertz CT molecular complexity index is 1710. The molecule has 0 aromatic heterocycles. The maximum absolute atomic E-state index is 13.8. The Hall–Kier alpha value is -4.51. The van der Waals surface area contributed by atoms with E-state index in [1.807, 2.05) is 54.6 Å². The topological polar surface area (TPSA) is 95.9 Å². The molecule has 0 amide bonds. The van der Waals surface area contributed by atoms with Crippen molar-refractivity contribution in [1.82, 2.24) is 9.62 Å². The molecule has 1 unspecified atom stereocenters. The second-order valence-corrected chi connectivity index (χ2v) is 11.8. The minimum atomic E-state index is -1.76. The van der Waals surface area contributed by atoms with E-state index in [4.69, 9.17) is 4.74 Å². The van der Waals surface area contributed by atoms with Crippen LogP contribution >= 0.6 is 12.6 Å². The summed E-state index contributed by atoms with van der Waals surface area (Å²) in [6.45, 7) is 0.0864. The summed E-state index contributed by atoms with van der Waals surface area (Å²) >= 11 is 4.46. The number of ether oxygens (including phenoxy) is 1. The smallest absolute Gasteiger partial charge is 0.322 e. The van der Waals surface area contributed by atoms with E-state index in [1.54, 1.807) is 54.6 Å². The highest BCUT2D eigenvalue weighted by Crippen LogP contribution is 2.27. The van der Waals surface area contributed by atoms with Gasteiger partial charge in [0, 0.05) is 11.1 Å². The molecule has 224 valence electrons. The SMILES string of the molecule is O=C(/C=C/c1ccc(/C=C2/N[C@H](S)N([C@@H](Cc3ccccc3)C(=O)O)S2=O)cc1)c1ccc(OCc2ccccc2F)cc1. The van der Waals surface area contributed by atoms with Crippen LogP contribution in [0.2, 0.25) is 0 Å². The molecule has 4 aromatic carbocycles. The van der Waals surface area contributed by atoms with Gasteiger partial charge in [-0.3, -0.25) is 9.59 Å². The molecule has 1 heterocycles. The van der Waals surface area contributed by atoms with E-state index in [2.05, 4.69) is 17.9 Å². The van der Waals surface area contributed by atoms with Gasteiger partial charge in [-0.1, -0.05) is 78.9 Å². The van der Waals surface area contributed by atoms with Gasteiger partial charge in [-0.05, 0) is 65.6 Å². The minimum Gasteiger partial charge on any atom is -0.489 e. The van der Waals surface area contributed by atoms with E-state index in [1.165, 1.54) is 16.4 Å². The molecule has 3 atom stereocenters. The third-order valence-electron chi connectivity index (χ3n) is 6.91. The van der Waals surface area contributed by atoms with Gasteiger partial charge in [0.25, 0.3) is 0 Å². The monoisotopic (exact) mass is 628 g/mol. The van der Waals surface area contributed by atoms with Crippen molar-refractivity contribution in [3.05, 3.63) is 148 Å². The second-order valence-electron chi connectivity index (χ2n) is 9.95. The van der Waals surface area contributed by atoms with Crippen molar-refractivity contribution < 1.29 is 28.0 Å². The van der Waals surface area contributed by atoms with Crippen molar-refractivity contribution in [1.29, 1.82) is 0 Å². The Morgan fingerprint density at radius 2 is 1.61 bits per heavy atom. The molecule has 44 heavy (non-hydrogen) atoms. The van der Waals surface area contributed by atoms with Crippen LogP contribution in [-0.2, 0) is 28.8 Å². The fourth-order valence-corrected chi connectivity index (χ4v) is 6.51. The predicted octanol–water partition coefficient (Wildman–Crippen LogP) is 6.08. The van der Waals surface area contributed by atoms with Crippen LogP contribution < -0.4 is 10.1 Å². The number of nitrogens with zero attached hydrogens (tertiary/aromatic N) is 1. The number of nitrogens with one attached hydrogen (secondary N) is 1. The number of allylic oxidation sites excluding steroid dienone is 1. The summed E-state index contributed by atoms with van der Waals surface area (Å²) in [6.07, 6.45) is 5.04. The molecule has 5 rings (SSSR count). The van der Waals surface area contributed by atoms with Crippen molar-refractivity contribution in [2.75, 3.05) is 0 Å². The number of aliphatic carboxylic acids is 1. The summed E-state index contributed by atoms with van der Waals surface area (Å²) in [5.74, 6) is -1.08. The van der Waals surface area contributed by atoms with Crippen LogP contribution in [0.4, 0.5) is 4.39 Å². The van der Waals surface area contributed by atoms with Gasteiger partial charge in [0.1, 0.15) is 45.7 Å². The zero-order valence-corrected chi connectivity index (χ0v) is 25.1. The summed E-state index contributed by atoms with van der Waals surface area (Å²) in [4.78, 5) is 24.8. The van der Waals surface area contributed by atoms with Crippen LogP contribution in [0.5, 0.6) is 5.75 Å². The van der Waals surface area contributed by atoms with E-state index in [0.717, 1.165) is 16.7 Å². The average molecular weight is 629 g/mol. The molecule has 0 saturated carbocycles. The lowest BCUT2D eigenvalue weighted by molar-refractivity contribution is -0.141. The molecule has 4 aromatic rings. The first-order chi connectivity index (χ1) is 21.3. The van der Waals surface area contributed by atoms with Crippen LogP contribution in [0.15, 0.2) is 114 Å². The van der Waals surface area contributed by atoms with Crippen LogP contribution in [0.1, 0.15) is 32.6 Å². The fraction of sp³-hybridized carbons (Fsp3) is 0.118. The normalized spacial score (nSPS) is 18.3. The number of carbonyl (C=O) groups is 2. The Kier molecular flexibility index (Phi) is 10.1. The zero-order chi connectivity index (χ0) is 31.1. The van der Waals surface area contributed by atoms with Crippen molar-refractivity contribution in [2.45, 2.75) is 24.6 Å². The molecule has 0 bridgehead atoms. The second kappa shape index (κ2) is 14.3. The molecule has 1 aliphatic heterocycles. The molecule has 0 spiro atoms. The Morgan fingerprint density at radius 1 is 0.955 bits per heavy atom. The highest BCUT2D eigenvalue weighted by atomic mass is 32.2. The standard InChI is InChI=1S/C34H29FN2O5S2/c35-29-9-5-4-8-27(29)22-42-28-17-15-26(16-18-28)31(38)19-14-23-10-12-25(13-11-23)21-32-36-34(43)37(44(32)41)30(33(39)40)20-24-6-2-1-3-7-24/h1-19,21,30,34,36,43H,20,22H2,(H,39,40)/b19-14+,32-21-/t30-,34-,44?/m0/s1. The number of hydrogen-bond acceptors (Lipinski definition) is 6. The largest absolute Gasteiger partial charge is 0.489 e. The molecule has 10 heteroatoms. The Labute approximate surface area is 262 Å². The zero-order valence-electron chi connectivity index (χ0n) is 23.4. The summed E-state index contributed by atoms with van der Waals surface area (Å²) in [5, 5.41) is 13.2. The predicted molar refractivity (Wildman–Crippen MR) is 172 cm³/mol. The number of carboxylic acid groups (broad SMARTS) is 1. The first-order valence-corrected chi connectivity index (χ1v) is 15.3. The van der Waals surface area contributed by atoms with Crippen LogP contribution in [0.25, 0.3) is 12.2 Å². The summed E-state index contributed by atoms with van der Waals surface area (Å²) in [7, 11) is -1.76. The highest BCUT2D eigenvalue weighted by molar-refractivity contribution is 7.89. The van der Waals surface area contributed by atoms with Gasteiger partial charge in [0.05, 0.1) is 0 Å².